The second-order valence-electron chi connectivity index (χ2n) is 4.56. The Morgan fingerprint density at radius 3 is 2.05 bits per heavy atom. The van der Waals surface area contributed by atoms with Crippen molar-refractivity contribution in [3.8, 4) is 11.5 Å². The molecule has 0 fully saturated rings. The third-order valence-electron chi connectivity index (χ3n) is 3.12. The first kappa shape index (κ1) is 13.9. The maximum Gasteiger partial charge on any atom is 0.286 e. The van der Waals surface area contributed by atoms with Crippen LogP contribution in [-0.2, 0) is 14.3 Å². The van der Waals surface area contributed by atoms with Gasteiger partial charge in [-0.2, -0.15) is 8.42 Å². The van der Waals surface area contributed by atoms with E-state index in [1.807, 2.05) is 48.5 Å². The van der Waals surface area contributed by atoms with Crippen LogP contribution in [-0.4, -0.2) is 20.9 Å². The predicted molar refractivity (Wildman–Crippen MR) is 80.5 cm³/mol. The number of benzene rings is 2. The Bertz CT molecular complexity index is 712. The Balaban J connectivity index is 2.07. The number of ether oxygens (including phenoxy) is 1. The molecule has 0 aromatic heterocycles. The highest BCUT2D eigenvalue weighted by atomic mass is 32.2. The largest absolute Gasteiger partial charge is 0.453 e. The molecule has 110 valence electrons. The van der Waals surface area contributed by atoms with E-state index in [0.29, 0.717) is 22.9 Å². The lowest BCUT2D eigenvalue weighted by Gasteiger charge is -2.31. The number of hydrogen-bond donors (Lipinski definition) is 0. The molecule has 21 heavy (non-hydrogen) atoms. The van der Waals surface area contributed by atoms with Gasteiger partial charge in [0.1, 0.15) is 0 Å². The molecule has 0 N–H and O–H groups in total. The highest BCUT2D eigenvalue weighted by Gasteiger charge is 2.27. The lowest BCUT2D eigenvalue weighted by Crippen LogP contribution is -2.29. The van der Waals surface area contributed by atoms with Crippen molar-refractivity contribution in [1.29, 1.82) is 0 Å². The van der Waals surface area contributed by atoms with Crippen LogP contribution in [0, 0.1) is 0 Å². The Hall–Kier alpha value is -2.05. The minimum Gasteiger partial charge on any atom is -0.453 e. The number of anilines is 2. The van der Waals surface area contributed by atoms with E-state index in [2.05, 4.69) is 0 Å². The van der Waals surface area contributed by atoms with Gasteiger partial charge in [-0.25, -0.2) is 0 Å². The molecule has 0 saturated carbocycles. The molecule has 0 spiro atoms. The van der Waals surface area contributed by atoms with Crippen molar-refractivity contribution in [3.63, 3.8) is 0 Å². The molecule has 2 aromatic rings. The van der Waals surface area contributed by atoms with E-state index >= 15 is 0 Å². The molecule has 0 bridgehead atoms. The van der Waals surface area contributed by atoms with Gasteiger partial charge in [-0.15, -0.1) is 0 Å². The van der Waals surface area contributed by atoms with Crippen LogP contribution in [0.5, 0.6) is 11.5 Å². The quantitative estimate of drug-likeness (QED) is 0.812. The molecule has 0 amide bonds. The van der Waals surface area contributed by atoms with Crippen molar-refractivity contribution in [3.05, 3.63) is 48.5 Å². The van der Waals surface area contributed by atoms with Gasteiger partial charge in [-0.1, -0.05) is 24.3 Å². The molecule has 0 unspecified atom stereocenters. The first-order chi connectivity index (χ1) is 10.1. The molecule has 3 rings (SSSR count). The maximum absolute atomic E-state index is 12.0. The fourth-order valence-electron chi connectivity index (χ4n) is 2.30. The summed E-state index contributed by atoms with van der Waals surface area (Å²) in [5.74, 6) is 1.00. The number of para-hydroxylation sites is 4. The van der Waals surface area contributed by atoms with Gasteiger partial charge in [0, 0.05) is 0 Å². The van der Waals surface area contributed by atoms with Crippen LogP contribution < -0.4 is 9.64 Å². The van der Waals surface area contributed by atoms with Crippen molar-refractivity contribution in [2.24, 2.45) is 0 Å². The van der Waals surface area contributed by atoms with Crippen LogP contribution in [0.3, 0.4) is 0 Å². The van der Waals surface area contributed by atoms with Gasteiger partial charge in [0.2, 0.25) is 0 Å². The van der Waals surface area contributed by atoms with E-state index in [4.69, 9.17) is 8.92 Å². The van der Waals surface area contributed by atoms with E-state index < -0.39 is 10.1 Å². The van der Waals surface area contributed by atoms with E-state index in [-0.39, 0.29) is 12.5 Å². The first-order valence-electron chi connectivity index (χ1n) is 6.61. The minimum atomic E-state index is -3.65. The lowest BCUT2D eigenvalue weighted by atomic mass is 10.2. The molecule has 6 heteroatoms. The predicted octanol–water partition coefficient (Wildman–Crippen LogP) is 3.25. The lowest BCUT2D eigenvalue weighted by molar-refractivity contribution is 0.338. The Labute approximate surface area is 123 Å². The van der Waals surface area contributed by atoms with Crippen molar-refractivity contribution >= 4 is 21.5 Å². The molecule has 0 radical (unpaired) electrons. The molecular formula is C15H15NO4S. The minimum absolute atomic E-state index is 0.121. The third-order valence-corrected chi connectivity index (χ3v) is 4.29. The summed E-state index contributed by atoms with van der Waals surface area (Å²) in [6.07, 6.45) is 0. The van der Waals surface area contributed by atoms with Crippen LogP contribution in [0.25, 0.3) is 0 Å². The fourth-order valence-corrected chi connectivity index (χ4v) is 3.32. The summed E-state index contributed by atoms with van der Waals surface area (Å²) >= 11 is 0. The zero-order valence-electron chi connectivity index (χ0n) is 11.5. The third kappa shape index (κ3) is 2.72. The summed E-state index contributed by atoms with van der Waals surface area (Å²) in [7, 11) is -3.65. The molecule has 0 saturated heterocycles. The molecule has 1 aliphatic rings. The summed E-state index contributed by atoms with van der Waals surface area (Å²) in [5.41, 5.74) is 1.42. The monoisotopic (exact) mass is 305 g/mol. The summed E-state index contributed by atoms with van der Waals surface area (Å²) < 4.78 is 34.7. The van der Waals surface area contributed by atoms with Crippen molar-refractivity contribution in [2.45, 2.75) is 6.92 Å². The van der Waals surface area contributed by atoms with Gasteiger partial charge in [0.15, 0.2) is 17.4 Å². The molecule has 0 aliphatic carbocycles. The van der Waals surface area contributed by atoms with E-state index in [1.165, 1.54) is 0 Å². The van der Waals surface area contributed by atoms with Crippen LogP contribution >= 0.6 is 0 Å². The average molecular weight is 305 g/mol. The van der Waals surface area contributed by atoms with Gasteiger partial charge in [-0.05, 0) is 31.2 Å². The van der Waals surface area contributed by atoms with Crippen LogP contribution in [0.1, 0.15) is 6.92 Å². The standard InChI is InChI=1S/C15H15NO4S/c1-2-19-21(17,18)11-16-12-7-3-5-9-14(12)20-15-10-6-4-8-13(15)16/h3-10H,2,11H2,1H3. The van der Waals surface area contributed by atoms with Crippen molar-refractivity contribution in [1.82, 2.24) is 0 Å². The Morgan fingerprint density at radius 1 is 1.00 bits per heavy atom. The summed E-state index contributed by atoms with van der Waals surface area (Å²) in [4.78, 5) is 1.69. The zero-order chi connectivity index (χ0) is 14.9. The van der Waals surface area contributed by atoms with Gasteiger partial charge in [0.05, 0.1) is 18.0 Å². The number of hydrogen-bond acceptors (Lipinski definition) is 5. The molecular weight excluding hydrogens is 290 g/mol. The Kier molecular flexibility index (Phi) is 3.57. The maximum atomic E-state index is 12.0. The molecule has 2 aromatic carbocycles. The second kappa shape index (κ2) is 5.38. The summed E-state index contributed by atoms with van der Waals surface area (Å²) in [6, 6.07) is 14.7. The highest BCUT2D eigenvalue weighted by molar-refractivity contribution is 7.86. The fraction of sp³-hybridized carbons (Fsp3) is 0.200. The first-order valence-corrected chi connectivity index (χ1v) is 8.19. The smallest absolute Gasteiger partial charge is 0.286 e. The van der Waals surface area contributed by atoms with E-state index in [9.17, 15) is 8.42 Å². The number of nitrogens with zero attached hydrogens (tertiary/aromatic N) is 1. The molecule has 1 heterocycles. The molecule has 0 atom stereocenters. The summed E-state index contributed by atoms with van der Waals surface area (Å²) in [5, 5.41) is 0. The van der Waals surface area contributed by atoms with Gasteiger partial charge in [-0.3, -0.25) is 4.18 Å². The van der Waals surface area contributed by atoms with Crippen molar-refractivity contribution < 1.29 is 17.3 Å². The van der Waals surface area contributed by atoms with Gasteiger partial charge < -0.3 is 9.64 Å². The molecule has 1 aliphatic heterocycles. The highest BCUT2D eigenvalue weighted by Crippen LogP contribution is 2.46. The molecule has 5 nitrogen and oxygen atoms in total. The van der Waals surface area contributed by atoms with E-state index in [1.54, 1.807) is 11.8 Å². The van der Waals surface area contributed by atoms with Crippen molar-refractivity contribution in [2.75, 3.05) is 17.4 Å². The summed E-state index contributed by atoms with van der Waals surface area (Å²) in [6.45, 7) is 1.77. The normalized spacial score (nSPS) is 13.3. The van der Waals surface area contributed by atoms with E-state index in [0.717, 1.165) is 0 Å². The number of fused-ring (bicyclic) bond motifs is 2. The topological polar surface area (TPSA) is 55.8 Å². The zero-order valence-corrected chi connectivity index (χ0v) is 12.3. The van der Waals surface area contributed by atoms with Gasteiger partial charge in [0.25, 0.3) is 10.1 Å². The van der Waals surface area contributed by atoms with Crippen LogP contribution in [0.2, 0.25) is 0 Å². The second-order valence-corrected chi connectivity index (χ2v) is 6.17. The van der Waals surface area contributed by atoms with Crippen LogP contribution in [0.15, 0.2) is 48.5 Å². The van der Waals surface area contributed by atoms with Gasteiger partial charge >= 0.3 is 0 Å². The average Bonchev–Trinajstić information content (AvgIpc) is 2.47. The Morgan fingerprint density at radius 2 is 1.52 bits per heavy atom. The van der Waals surface area contributed by atoms with Crippen LogP contribution in [0.4, 0.5) is 11.4 Å². The number of rotatable bonds is 4. The SMILES string of the molecule is CCOS(=O)(=O)CN1c2ccccc2Oc2ccccc21.